The van der Waals surface area contributed by atoms with Crippen LogP contribution in [0.15, 0.2) is 57.9 Å². The molecule has 1 unspecified atom stereocenters. The number of nitrogens with zero attached hydrogens (tertiary/aromatic N) is 3. The lowest BCUT2D eigenvalue weighted by molar-refractivity contribution is 0.308. The van der Waals surface area contributed by atoms with Gasteiger partial charge in [-0.15, -0.1) is 0 Å². The van der Waals surface area contributed by atoms with Gasteiger partial charge in [0.1, 0.15) is 5.82 Å². The highest BCUT2D eigenvalue weighted by atomic mass is 16.4. The molecule has 25 heavy (non-hydrogen) atoms. The molecule has 1 fully saturated rings. The Hall–Kier alpha value is -2.60. The highest BCUT2D eigenvalue weighted by molar-refractivity contribution is 5.72. The summed E-state index contributed by atoms with van der Waals surface area (Å²) in [6.45, 7) is 4.57. The molecule has 0 spiro atoms. The molecule has 6 nitrogen and oxygen atoms in total. The smallest absolute Gasteiger partial charge is 0.408 e. The summed E-state index contributed by atoms with van der Waals surface area (Å²) in [6.07, 6.45) is 2.97. The number of fused-ring (bicyclic) bond motifs is 1. The van der Waals surface area contributed by atoms with Crippen molar-refractivity contribution in [2.24, 2.45) is 5.92 Å². The van der Waals surface area contributed by atoms with E-state index in [9.17, 15) is 4.79 Å². The van der Waals surface area contributed by atoms with Crippen molar-refractivity contribution >= 4 is 16.9 Å². The second kappa shape index (κ2) is 7.11. The number of hydrogen-bond donors (Lipinski definition) is 1. The molecule has 1 aliphatic rings. The molecule has 130 valence electrons. The molecule has 0 bridgehead atoms. The third kappa shape index (κ3) is 3.58. The zero-order valence-corrected chi connectivity index (χ0v) is 14.1. The summed E-state index contributed by atoms with van der Waals surface area (Å²) in [7, 11) is 0. The SMILES string of the molecule is O=c1oc2ccccc2n1CCN1CCC(CNc2ccccn2)C1. The van der Waals surface area contributed by atoms with Crippen molar-refractivity contribution in [1.82, 2.24) is 14.5 Å². The molecule has 6 heteroatoms. The van der Waals surface area contributed by atoms with Gasteiger partial charge in [0, 0.05) is 32.4 Å². The Labute approximate surface area is 146 Å². The first kappa shape index (κ1) is 15.9. The predicted octanol–water partition coefficient (Wildman–Crippen LogP) is 2.42. The number of aromatic nitrogens is 2. The molecule has 0 radical (unpaired) electrons. The largest absolute Gasteiger partial charge is 0.419 e. The van der Waals surface area contributed by atoms with E-state index in [2.05, 4.69) is 15.2 Å². The van der Waals surface area contributed by atoms with Gasteiger partial charge >= 0.3 is 5.76 Å². The number of hydrogen-bond acceptors (Lipinski definition) is 5. The van der Waals surface area contributed by atoms with Crippen LogP contribution >= 0.6 is 0 Å². The van der Waals surface area contributed by atoms with Gasteiger partial charge in [0.25, 0.3) is 0 Å². The first-order valence-electron chi connectivity index (χ1n) is 8.75. The van der Waals surface area contributed by atoms with E-state index in [0.29, 0.717) is 18.0 Å². The Balaban J connectivity index is 1.31. The lowest BCUT2D eigenvalue weighted by atomic mass is 10.1. The van der Waals surface area contributed by atoms with Gasteiger partial charge in [-0.05, 0) is 43.1 Å². The first-order valence-corrected chi connectivity index (χ1v) is 8.75. The zero-order chi connectivity index (χ0) is 17.1. The molecule has 3 aromatic rings. The van der Waals surface area contributed by atoms with Crippen molar-refractivity contribution in [1.29, 1.82) is 0 Å². The van der Waals surface area contributed by atoms with Crippen LogP contribution in [0, 0.1) is 5.92 Å². The molecular weight excluding hydrogens is 316 g/mol. The van der Waals surface area contributed by atoms with Crippen LogP contribution in [0.5, 0.6) is 0 Å². The fraction of sp³-hybridized carbons (Fsp3) is 0.368. The Bertz CT molecular complexity index is 887. The zero-order valence-electron chi connectivity index (χ0n) is 14.1. The lowest BCUT2D eigenvalue weighted by Crippen LogP contribution is -2.29. The molecule has 0 saturated carbocycles. The van der Waals surface area contributed by atoms with Crippen LogP contribution in [0.3, 0.4) is 0 Å². The van der Waals surface area contributed by atoms with Gasteiger partial charge in [-0.1, -0.05) is 18.2 Å². The summed E-state index contributed by atoms with van der Waals surface area (Å²) in [5, 5.41) is 3.40. The van der Waals surface area contributed by atoms with E-state index in [1.54, 1.807) is 10.8 Å². The average molecular weight is 338 g/mol. The number of benzene rings is 1. The van der Waals surface area contributed by atoms with Crippen molar-refractivity contribution < 1.29 is 4.42 Å². The van der Waals surface area contributed by atoms with Crippen LogP contribution in [0.4, 0.5) is 5.82 Å². The predicted molar refractivity (Wildman–Crippen MR) is 97.7 cm³/mol. The van der Waals surface area contributed by atoms with Gasteiger partial charge in [-0.25, -0.2) is 9.78 Å². The normalized spacial score (nSPS) is 18.0. The molecule has 0 aliphatic carbocycles. The number of likely N-dealkylation sites (tertiary alicyclic amines) is 1. The summed E-state index contributed by atoms with van der Waals surface area (Å²) < 4.78 is 7.03. The van der Waals surface area contributed by atoms with Crippen molar-refractivity contribution in [3.63, 3.8) is 0 Å². The summed E-state index contributed by atoms with van der Waals surface area (Å²) in [5.74, 6) is 1.27. The number of oxazole rings is 1. The van der Waals surface area contributed by atoms with Gasteiger partial charge in [-0.2, -0.15) is 0 Å². The second-order valence-electron chi connectivity index (χ2n) is 6.54. The maximum atomic E-state index is 12.0. The molecule has 0 amide bonds. The minimum absolute atomic E-state index is 0.270. The molecule has 1 N–H and O–H groups in total. The highest BCUT2D eigenvalue weighted by Gasteiger charge is 2.22. The van der Waals surface area contributed by atoms with E-state index in [-0.39, 0.29) is 5.76 Å². The van der Waals surface area contributed by atoms with Crippen LogP contribution in [0.25, 0.3) is 11.1 Å². The molecule has 4 rings (SSSR count). The number of rotatable bonds is 6. The molecule has 1 atom stereocenters. The van der Waals surface area contributed by atoms with Crippen LogP contribution in [0.1, 0.15) is 6.42 Å². The van der Waals surface area contributed by atoms with E-state index in [1.165, 1.54) is 6.42 Å². The van der Waals surface area contributed by atoms with Crippen molar-refractivity contribution in [2.45, 2.75) is 13.0 Å². The fourth-order valence-corrected chi connectivity index (χ4v) is 3.47. The van der Waals surface area contributed by atoms with E-state index in [1.807, 2.05) is 42.5 Å². The average Bonchev–Trinajstić information content (AvgIpc) is 3.22. The summed E-state index contributed by atoms with van der Waals surface area (Å²) in [4.78, 5) is 18.7. The monoisotopic (exact) mass is 338 g/mol. The first-order chi connectivity index (χ1) is 12.3. The van der Waals surface area contributed by atoms with Crippen LogP contribution in [-0.2, 0) is 6.54 Å². The number of para-hydroxylation sites is 2. The summed E-state index contributed by atoms with van der Waals surface area (Å²) >= 11 is 0. The van der Waals surface area contributed by atoms with Crippen LogP contribution in [0.2, 0.25) is 0 Å². The third-order valence-electron chi connectivity index (χ3n) is 4.82. The maximum Gasteiger partial charge on any atom is 0.419 e. The minimum Gasteiger partial charge on any atom is -0.408 e. The fourth-order valence-electron chi connectivity index (χ4n) is 3.47. The molecular formula is C19H22N4O2. The van der Waals surface area contributed by atoms with Gasteiger partial charge in [-0.3, -0.25) is 4.57 Å². The lowest BCUT2D eigenvalue weighted by Gasteiger charge is -2.16. The molecule has 3 heterocycles. The topological polar surface area (TPSA) is 63.3 Å². The Morgan fingerprint density at radius 3 is 2.92 bits per heavy atom. The number of nitrogens with one attached hydrogen (secondary N) is 1. The summed E-state index contributed by atoms with van der Waals surface area (Å²) in [6, 6.07) is 13.5. The highest BCUT2D eigenvalue weighted by Crippen LogP contribution is 2.17. The van der Waals surface area contributed by atoms with Gasteiger partial charge < -0.3 is 14.6 Å². The molecule has 2 aromatic heterocycles. The molecule has 1 aromatic carbocycles. The van der Waals surface area contributed by atoms with Crippen molar-refractivity contribution in [2.75, 3.05) is 31.5 Å². The minimum atomic E-state index is -0.270. The number of anilines is 1. The number of pyridine rings is 1. The standard InChI is InChI=1S/C19H22N4O2/c24-19-23(16-5-1-2-6-17(16)25-19)12-11-22-10-8-15(14-22)13-21-18-7-3-4-9-20-18/h1-7,9,15H,8,10-14H2,(H,20,21). The van der Waals surface area contributed by atoms with E-state index < -0.39 is 0 Å². The third-order valence-corrected chi connectivity index (χ3v) is 4.82. The van der Waals surface area contributed by atoms with Crippen molar-refractivity contribution in [3.05, 3.63) is 59.2 Å². The quantitative estimate of drug-likeness (QED) is 0.748. The van der Waals surface area contributed by atoms with E-state index >= 15 is 0 Å². The summed E-state index contributed by atoms with van der Waals surface area (Å²) in [5.41, 5.74) is 1.53. The Kier molecular flexibility index (Phi) is 4.52. The van der Waals surface area contributed by atoms with Gasteiger partial charge in [0.05, 0.1) is 5.52 Å². The van der Waals surface area contributed by atoms with Gasteiger partial charge in [0.2, 0.25) is 0 Å². The molecule has 1 saturated heterocycles. The Morgan fingerprint density at radius 1 is 1.16 bits per heavy atom. The van der Waals surface area contributed by atoms with E-state index in [0.717, 1.165) is 37.5 Å². The second-order valence-corrected chi connectivity index (χ2v) is 6.54. The maximum absolute atomic E-state index is 12.0. The molecule has 1 aliphatic heterocycles. The van der Waals surface area contributed by atoms with Crippen molar-refractivity contribution in [3.8, 4) is 0 Å². The van der Waals surface area contributed by atoms with Crippen LogP contribution < -0.4 is 11.1 Å². The van der Waals surface area contributed by atoms with E-state index in [4.69, 9.17) is 4.42 Å². The van der Waals surface area contributed by atoms with Gasteiger partial charge in [0.15, 0.2) is 5.58 Å². The van der Waals surface area contributed by atoms with Crippen LogP contribution in [-0.4, -0.2) is 40.6 Å². The Morgan fingerprint density at radius 2 is 2.04 bits per heavy atom.